The molecule has 0 unspecified atom stereocenters. The van der Waals surface area contributed by atoms with Gasteiger partial charge in [0.2, 0.25) is 5.82 Å². The fourth-order valence-electron chi connectivity index (χ4n) is 1.64. The molecule has 2 rings (SSSR count). The topological polar surface area (TPSA) is 109 Å². The number of methoxy groups -OCH3 is 2. The average Bonchev–Trinajstić information content (AvgIpc) is 2.46. The van der Waals surface area contributed by atoms with Crippen LogP contribution in [0.25, 0.3) is 0 Å². The van der Waals surface area contributed by atoms with Crippen LogP contribution in [0.5, 0.6) is 11.5 Å². The molecular weight excluding hydrogens is 264 g/mol. The zero-order valence-corrected chi connectivity index (χ0v) is 11.0. The van der Waals surface area contributed by atoms with E-state index in [1.807, 2.05) is 6.07 Å². The molecule has 1 aromatic carbocycles. The molecule has 0 bridgehead atoms. The van der Waals surface area contributed by atoms with Crippen molar-refractivity contribution in [3.63, 3.8) is 0 Å². The predicted octanol–water partition coefficient (Wildman–Crippen LogP) is 0.0875. The number of H-pyrrole nitrogens is 2. The summed E-state index contributed by atoms with van der Waals surface area (Å²) < 4.78 is 10.3. The molecule has 0 aliphatic heterocycles. The summed E-state index contributed by atoms with van der Waals surface area (Å²) in [6.07, 6.45) is 0. The third kappa shape index (κ3) is 2.97. The summed E-state index contributed by atoms with van der Waals surface area (Å²) in [5.41, 5.74) is -0.412. The van der Waals surface area contributed by atoms with Gasteiger partial charge < -0.3 is 14.8 Å². The molecule has 0 radical (unpaired) electrons. The zero-order valence-electron chi connectivity index (χ0n) is 11.0. The number of anilines is 1. The molecule has 0 spiro atoms. The predicted molar refractivity (Wildman–Crippen MR) is 72.4 cm³/mol. The Morgan fingerprint density at radius 1 is 1.25 bits per heavy atom. The zero-order chi connectivity index (χ0) is 14.5. The van der Waals surface area contributed by atoms with Crippen LogP contribution in [-0.2, 0) is 6.54 Å². The standard InChI is InChI=1S/C12H14N4O4/c1-19-8-4-3-7(9(5-8)20-2)6-13-10-11(17)14-12(18)16-15-10/h3-5H,6H2,1-2H3,(H,13,15)(H2,14,16,17,18). The van der Waals surface area contributed by atoms with Crippen molar-refractivity contribution in [1.29, 1.82) is 0 Å². The van der Waals surface area contributed by atoms with Crippen LogP contribution in [-0.4, -0.2) is 29.4 Å². The number of rotatable bonds is 5. The summed E-state index contributed by atoms with van der Waals surface area (Å²) in [4.78, 5) is 24.4. The normalized spacial score (nSPS) is 10.1. The largest absolute Gasteiger partial charge is 0.497 e. The Kier molecular flexibility index (Phi) is 4.04. The van der Waals surface area contributed by atoms with Crippen LogP contribution in [0.3, 0.4) is 0 Å². The Morgan fingerprint density at radius 2 is 2.05 bits per heavy atom. The third-order valence-corrected chi connectivity index (χ3v) is 2.65. The summed E-state index contributed by atoms with van der Waals surface area (Å²) in [7, 11) is 3.11. The molecule has 0 saturated heterocycles. The summed E-state index contributed by atoms with van der Waals surface area (Å²) in [6.45, 7) is 0.315. The fourth-order valence-corrected chi connectivity index (χ4v) is 1.64. The lowest BCUT2D eigenvalue weighted by Gasteiger charge is -2.11. The highest BCUT2D eigenvalue weighted by atomic mass is 16.5. The van der Waals surface area contributed by atoms with E-state index in [1.165, 1.54) is 0 Å². The quantitative estimate of drug-likeness (QED) is 0.715. The molecule has 3 N–H and O–H groups in total. The highest BCUT2D eigenvalue weighted by molar-refractivity contribution is 5.43. The maximum atomic E-state index is 11.5. The van der Waals surface area contributed by atoms with E-state index in [-0.39, 0.29) is 5.82 Å². The van der Waals surface area contributed by atoms with Crippen molar-refractivity contribution in [2.45, 2.75) is 6.54 Å². The van der Waals surface area contributed by atoms with Gasteiger partial charge in [-0.05, 0) is 12.1 Å². The molecule has 0 fully saturated rings. The van der Waals surface area contributed by atoms with Gasteiger partial charge in [-0.15, -0.1) is 5.10 Å². The molecule has 2 aromatic rings. The second kappa shape index (κ2) is 5.91. The van der Waals surface area contributed by atoms with Gasteiger partial charge in [0, 0.05) is 18.2 Å². The summed E-state index contributed by atoms with van der Waals surface area (Å²) >= 11 is 0. The Labute approximate surface area is 113 Å². The highest BCUT2D eigenvalue weighted by Crippen LogP contribution is 2.24. The smallest absolute Gasteiger partial charge is 0.342 e. The number of nitrogens with zero attached hydrogens (tertiary/aromatic N) is 1. The molecule has 1 aromatic heterocycles. The van der Waals surface area contributed by atoms with Gasteiger partial charge in [0.05, 0.1) is 14.2 Å². The van der Waals surface area contributed by atoms with Crippen molar-refractivity contribution >= 4 is 5.82 Å². The van der Waals surface area contributed by atoms with Gasteiger partial charge in [0.25, 0.3) is 5.56 Å². The molecule has 0 atom stereocenters. The van der Waals surface area contributed by atoms with Crippen molar-refractivity contribution < 1.29 is 9.47 Å². The maximum Gasteiger partial charge on any atom is 0.342 e. The minimum atomic E-state index is -0.650. The molecular formula is C12H14N4O4. The number of aromatic amines is 2. The van der Waals surface area contributed by atoms with E-state index in [0.717, 1.165) is 5.56 Å². The van der Waals surface area contributed by atoms with Crippen LogP contribution in [0.4, 0.5) is 5.82 Å². The number of hydrogen-bond donors (Lipinski definition) is 3. The minimum Gasteiger partial charge on any atom is -0.497 e. The van der Waals surface area contributed by atoms with Gasteiger partial charge in [-0.3, -0.25) is 9.78 Å². The molecule has 20 heavy (non-hydrogen) atoms. The van der Waals surface area contributed by atoms with Gasteiger partial charge in [-0.1, -0.05) is 0 Å². The fraction of sp³-hybridized carbons (Fsp3) is 0.250. The lowest BCUT2D eigenvalue weighted by molar-refractivity contribution is 0.391. The average molecular weight is 278 g/mol. The van der Waals surface area contributed by atoms with Crippen LogP contribution in [0, 0.1) is 0 Å². The van der Waals surface area contributed by atoms with E-state index in [0.29, 0.717) is 18.0 Å². The van der Waals surface area contributed by atoms with E-state index >= 15 is 0 Å². The van der Waals surface area contributed by atoms with Crippen molar-refractivity contribution in [3.05, 3.63) is 44.6 Å². The van der Waals surface area contributed by atoms with E-state index in [4.69, 9.17) is 9.47 Å². The van der Waals surface area contributed by atoms with Gasteiger partial charge in [0.15, 0.2) is 0 Å². The summed E-state index contributed by atoms with van der Waals surface area (Å²) in [5.74, 6) is 1.32. The van der Waals surface area contributed by atoms with Crippen molar-refractivity contribution in [3.8, 4) is 11.5 Å². The SMILES string of the molecule is COc1ccc(CNc2n[nH]c(=O)[nH]c2=O)c(OC)c1. The monoisotopic (exact) mass is 278 g/mol. The molecule has 1 heterocycles. The van der Waals surface area contributed by atoms with Crippen LogP contribution < -0.4 is 26.0 Å². The Bertz CT molecular complexity index is 707. The second-order valence-corrected chi connectivity index (χ2v) is 3.89. The van der Waals surface area contributed by atoms with Crippen LogP contribution in [0.1, 0.15) is 5.56 Å². The van der Waals surface area contributed by atoms with Crippen molar-refractivity contribution in [2.75, 3.05) is 19.5 Å². The number of benzene rings is 1. The Morgan fingerprint density at radius 3 is 2.70 bits per heavy atom. The van der Waals surface area contributed by atoms with Crippen molar-refractivity contribution in [2.24, 2.45) is 0 Å². The molecule has 8 nitrogen and oxygen atoms in total. The number of hydrogen-bond acceptors (Lipinski definition) is 6. The van der Waals surface area contributed by atoms with Gasteiger partial charge in [0.1, 0.15) is 11.5 Å². The highest BCUT2D eigenvalue weighted by Gasteiger charge is 2.07. The van der Waals surface area contributed by atoms with Crippen LogP contribution in [0.2, 0.25) is 0 Å². The Balaban J connectivity index is 2.18. The first-order valence-corrected chi connectivity index (χ1v) is 5.78. The number of nitrogens with one attached hydrogen (secondary N) is 3. The molecule has 106 valence electrons. The number of aromatic nitrogens is 3. The van der Waals surface area contributed by atoms with Crippen LogP contribution >= 0.6 is 0 Å². The first kappa shape index (κ1) is 13.7. The maximum absolute atomic E-state index is 11.5. The molecule has 0 amide bonds. The summed E-state index contributed by atoms with van der Waals surface area (Å²) in [5, 5.41) is 8.60. The van der Waals surface area contributed by atoms with Gasteiger partial charge >= 0.3 is 5.69 Å². The van der Waals surface area contributed by atoms with E-state index < -0.39 is 11.2 Å². The van der Waals surface area contributed by atoms with E-state index in [1.54, 1.807) is 26.4 Å². The Hall–Kier alpha value is -2.77. The number of ether oxygens (including phenoxy) is 2. The molecule has 8 heteroatoms. The van der Waals surface area contributed by atoms with Crippen molar-refractivity contribution in [1.82, 2.24) is 15.2 Å². The van der Waals surface area contributed by atoms with Gasteiger partial charge in [-0.25, -0.2) is 9.89 Å². The first-order valence-electron chi connectivity index (χ1n) is 5.78. The molecule has 0 aliphatic carbocycles. The van der Waals surface area contributed by atoms with Crippen LogP contribution in [0.15, 0.2) is 27.8 Å². The van der Waals surface area contributed by atoms with E-state index in [9.17, 15) is 9.59 Å². The second-order valence-electron chi connectivity index (χ2n) is 3.89. The lowest BCUT2D eigenvalue weighted by Crippen LogP contribution is -2.26. The third-order valence-electron chi connectivity index (χ3n) is 2.65. The summed E-state index contributed by atoms with van der Waals surface area (Å²) in [6, 6.07) is 5.33. The molecule has 0 aliphatic rings. The van der Waals surface area contributed by atoms with E-state index in [2.05, 4.69) is 20.5 Å². The lowest BCUT2D eigenvalue weighted by atomic mass is 10.2. The first-order chi connectivity index (χ1) is 9.63. The van der Waals surface area contributed by atoms with Gasteiger partial charge in [-0.2, -0.15) is 0 Å². The molecule has 0 saturated carbocycles. The minimum absolute atomic E-state index is 0.0301.